The molecule has 0 saturated carbocycles. The van der Waals surface area contributed by atoms with Gasteiger partial charge in [-0.15, -0.1) is 13.2 Å². The Morgan fingerprint density at radius 2 is 1.94 bits per heavy atom. The standard InChI is InChI=1S/C20H20F3N5O4/c21-20(22,23)32-15-4-2-1-3-12(15)9-25-18(30)13-5-7-16(24)28(11-13)19(31)26-10-14-6-8-17(29)27-14/h1-5,7,11,14,24H,6,8-10H2,(H,25,30)(H,26,31)(H,27,29). The van der Waals surface area contributed by atoms with Crippen LogP contribution in [0.2, 0.25) is 0 Å². The molecule has 1 unspecified atom stereocenters. The lowest BCUT2D eigenvalue weighted by molar-refractivity contribution is -0.274. The molecule has 9 nitrogen and oxygen atoms in total. The predicted octanol–water partition coefficient (Wildman–Crippen LogP) is 1.63. The van der Waals surface area contributed by atoms with E-state index in [0.29, 0.717) is 12.8 Å². The number of ether oxygens (including phenoxy) is 1. The fourth-order valence-electron chi connectivity index (χ4n) is 3.08. The van der Waals surface area contributed by atoms with Gasteiger partial charge in [-0.3, -0.25) is 19.6 Å². The van der Waals surface area contributed by atoms with Gasteiger partial charge in [-0.2, -0.15) is 0 Å². The number of rotatable bonds is 6. The van der Waals surface area contributed by atoms with Crippen molar-refractivity contribution < 1.29 is 32.3 Å². The SMILES string of the molecule is N=c1ccc(C(=O)NCc2ccccc2OC(F)(F)F)cn1C(=O)NCC1CCC(=O)N1. The van der Waals surface area contributed by atoms with Crippen LogP contribution < -0.4 is 26.2 Å². The number of nitrogens with zero attached hydrogens (tertiary/aromatic N) is 1. The van der Waals surface area contributed by atoms with Gasteiger partial charge in [0.1, 0.15) is 11.2 Å². The van der Waals surface area contributed by atoms with Crippen LogP contribution in [0.3, 0.4) is 0 Å². The van der Waals surface area contributed by atoms with E-state index in [1.165, 1.54) is 30.3 Å². The maximum absolute atomic E-state index is 12.5. The number of amides is 3. The molecule has 0 bridgehead atoms. The minimum atomic E-state index is -4.87. The number of nitrogens with one attached hydrogen (secondary N) is 4. The number of hydrogen-bond donors (Lipinski definition) is 4. The molecule has 0 aliphatic carbocycles. The lowest BCUT2D eigenvalue weighted by atomic mass is 10.2. The Hall–Kier alpha value is -3.83. The van der Waals surface area contributed by atoms with Crippen LogP contribution in [0.5, 0.6) is 5.75 Å². The van der Waals surface area contributed by atoms with E-state index >= 15 is 0 Å². The highest BCUT2D eigenvalue weighted by atomic mass is 19.4. The highest BCUT2D eigenvalue weighted by Gasteiger charge is 2.32. The first-order chi connectivity index (χ1) is 15.1. The number of carbonyl (C=O) groups excluding carboxylic acids is 3. The third kappa shape index (κ3) is 6.09. The zero-order valence-electron chi connectivity index (χ0n) is 16.7. The quantitative estimate of drug-likeness (QED) is 0.533. The van der Waals surface area contributed by atoms with E-state index in [-0.39, 0.29) is 41.7 Å². The molecule has 170 valence electrons. The van der Waals surface area contributed by atoms with Crippen LogP contribution >= 0.6 is 0 Å². The molecule has 4 N–H and O–H groups in total. The molecule has 1 aromatic carbocycles. The van der Waals surface area contributed by atoms with E-state index in [0.717, 1.165) is 16.8 Å². The van der Waals surface area contributed by atoms with Gasteiger partial charge in [0.15, 0.2) is 0 Å². The van der Waals surface area contributed by atoms with E-state index in [1.54, 1.807) is 0 Å². The van der Waals surface area contributed by atoms with E-state index in [9.17, 15) is 27.6 Å². The van der Waals surface area contributed by atoms with Crippen molar-refractivity contribution in [1.29, 1.82) is 5.41 Å². The highest BCUT2D eigenvalue weighted by molar-refractivity contribution is 5.94. The summed E-state index contributed by atoms with van der Waals surface area (Å²) in [5.74, 6) is -1.19. The molecular formula is C20H20F3N5O4. The van der Waals surface area contributed by atoms with E-state index in [2.05, 4.69) is 20.7 Å². The first kappa shape index (κ1) is 22.8. The lowest BCUT2D eigenvalue weighted by Crippen LogP contribution is -2.43. The first-order valence-electron chi connectivity index (χ1n) is 9.59. The number of hydrogen-bond acceptors (Lipinski definition) is 5. The van der Waals surface area contributed by atoms with Crippen molar-refractivity contribution in [3.8, 4) is 5.75 Å². The monoisotopic (exact) mass is 451 g/mol. The Labute approximate surface area is 180 Å². The van der Waals surface area contributed by atoms with Gasteiger partial charge in [0.25, 0.3) is 5.91 Å². The average Bonchev–Trinajstić information content (AvgIpc) is 3.15. The van der Waals surface area contributed by atoms with Gasteiger partial charge < -0.3 is 20.7 Å². The topological polar surface area (TPSA) is 125 Å². The average molecular weight is 451 g/mol. The fraction of sp³-hybridized carbons (Fsp3) is 0.300. The summed E-state index contributed by atoms with van der Waals surface area (Å²) in [7, 11) is 0. The summed E-state index contributed by atoms with van der Waals surface area (Å²) in [6, 6.07) is 7.09. The molecule has 1 aliphatic heterocycles. The smallest absolute Gasteiger partial charge is 0.405 e. The number of alkyl halides is 3. The summed E-state index contributed by atoms with van der Waals surface area (Å²) in [6.45, 7) is -0.0787. The molecule has 1 aliphatic rings. The second-order valence-electron chi connectivity index (χ2n) is 7.00. The Morgan fingerprint density at radius 1 is 1.19 bits per heavy atom. The molecule has 1 fully saturated rings. The molecule has 2 heterocycles. The predicted molar refractivity (Wildman–Crippen MR) is 105 cm³/mol. The third-order valence-corrected chi connectivity index (χ3v) is 4.65. The molecule has 1 atom stereocenters. The molecular weight excluding hydrogens is 431 g/mol. The number of aromatic nitrogens is 1. The van der Waals surface area contributed by atoms with Gasteiger partial charge in [-0.05, 0) is 24.6 Å². The highest BCUT2D eigenvalue weighted by Crippen LogP contribution is 2.26. The molecule has 0 radical (unpaired) electrons. The fourth-order valence-corrected chi connectivity index (χ4v) is 3.08. The molecule has 12 heteroatoms. The maximum atomic E-state index is 12.5. The second kappa shape index (κ2) is 9.54. The van der Waals surface area contributed by atoms with Crippen molar-refractivity contribution >= 4 is 17.8 Å². The van der Waals surface area contributed by atoms with Gasteiger partial charge in [-0.1, -0.05) is 18.2 Å². The van der Waals surface area contributed by atoms with Crippen LogP contribution in [0.1, 0.15) is 28.8 Å². The van der Waals surface area contributed by atoms with Crippen LogP contribution in [-0.2, 0) is 11.3 Å². The molecule has 32 heavy (non-hydrogen) atoms. The second-order valence-corrected chi connectivity index (χ2v) is 7.00. The van der Waals surface area contributed by atoms with E-state index < -0.39 is 24.1 Å². The first-order valence-corrected chi connectivity index (χ1v) is 9.59. The van der Waals surface area contributed by atoms with Crippen molar-refractivity contribution in [3.63, 3.8) is 0 Å². The summed E-state index contributed by atoms with van der Waals surface area (Å²) in [5, 5.41) is 15.6. The Morgan fingerprint density at radius 3 is 2.62 bits per heavy atom. The van der Waals surface area contributed by atoms with Gasteiger partial charge >= 0.3 is 12.4 Å². The molecule has 2 aromatic rings. The van der Waals surface area contributed by atoms with Crippen LogP contribution in [-0.4, -0.2) is 41.4 Å². The van der Waals surface area contributed by atoms with Crippen molar-refractivity contribution in [1.82, 2.24) is 20.5 Å². The number of para-hydroxylation sites is 1. The molecule has 1 saturated heterocycles. The zero-order chi connectivity index (χ0) is 23.3. The van der Waals surface area contributed by atoms with Gasteiger partial charge in [0.2, 0.25) is 5.91 Å². The van der Waals surface area contributed by atoms with E-state index in [1.807, 2.05) is 0 Å². The Kier molecular flexibility index (Phi) is 6.81. The zero-order valence-corrected chi connectivity index (χ0v) is 16.7. The van der Waals surface area contributed by atoms with Crippen LogP contribution in [0.15, 0.2) is 42.6 Å². The van der Waals surface area contributed by atoms with Crippen LogP contribution in [0, 0.1) is 5.41 Å². The Balaban J connectivity index is 1.65. The lowest BCUT2D eigenvalue weighted by Gasteiger charge is -2.14. The molecule has 0 spiro atoms. The number of carbonyl (C=O) groups is 3. The van der Waals surface area contributed by atoms with Crippen molar-refractivity contribution in [2.24, 2.45) is 0 Å². The third-order valence-electron chi connectivity index (χ3n) is 4.65. The van der Waals surface area contributed by atoms with Crippen LogP contribution in [0.25, 0.3) is 0 Å². The largest absolute Gasteiger partial charge is 0.573 e. The van der Waals surface area contributed by atoms with Crippen molar-refractivity contribution in [3.05, 3.63) is 59.2 Å². The summed E-state index contributed by atoms with van der Waals surface area (Å²) in [4.78, 5) is 36.1. The normalized spacial score (nSPS) is 15.7. The molecule has 3 rings (SSSR count). The Bertz CT molecular complexity index is 1080. The summed E-state index contributed by atoms with van der Waals surface area (Å²) < 4.78 is 42.5. The number of pyridine rings is 1. The van der Waals surface area contributed by atoms with Crippen LogP contribution in [0.4, 0.5) is 18.0 Å². The summed E-state index contributed by atoms with van der Waals surface area (Å²) in [5.41, 5.74) is -0.0440. The molecule has 3 amide bonds. The summed E-state index contributed by atoms with van der Waals surface area (Å²) in [6.07, 6.45) is -2.76. The van der Waals surface area contributed by atoms with Crippen molar-refractivity contribution in [2.75, 3.05) is 6.54 Å². The minimum Gasteiger partial charge on any atom is -0.405 e. The van der Waals surface area contributed by atoms with Gasteiger partial charge in [-0.25, -0.2) is 4.79 Å². The minimum absolute atomic E-state index is 0.0274. The summed E-state index contributed by atoms with van der Waals surface area (Å²) >= 11 is 0. The molecule has 1 aromatic heterocycles. The maximum Gasteiger partial charge on any atom is 0.573 e. The van der Waals surface area contributed by atoms with Gasteiger partial charge in [0.05, 0.1) is 5.56 Å². The van der Waals surface area contributed by atoms with Crippen molar-refractivity contribution in [2.45, 2.75) is 31.8 Å². The number of halogens is 3. The van der Waals surface area contributed by atoms with Gasteiger partial charge in [0, 0.05) is 37.3 Å². The van der Waals surface area contributed by atoms with E-state index in [4.69, 9.17) is 5.41 Å². The number of benzene rings is 1.